The molecular weight excluding hydrogens is 438 g/mol. The molecule has 1 aromatic carbocycles. The summed E-state index contributed by atoms with van der Waals surface area (Å²) in [5, 5.41) is 1.07. The van der Waals surface area contributed by atoms with Crippen molar-refractivity contribution in [3.63, 3.8) is 0 Å². The minimum absolute atomic E-state index is 0.472. The van der Waals surface area contributed by atoms with Crippen LogP contribution in [0.15, 0.2) is 42.0 Å². The number of aromatic nitrogens is 1. The summed E-state index contributed by atoms with van der Waals surface area (Å²) in [5.74, 6) is 0. The van der Waals surface area contributed by atoms with Crippen molar-refractivity contribution in [2.75, 3.05) is 0 Å². The standard InChI is InChI=1S/C12H10N2.2ClH.Pt/c1-3-9-6-7-10-5-4-8-14-12(10)11(9)13-2;;;/h3-8H,1-2H2;2*1H;/q;;;+2/p-2. The van der Waals surface area contributed by atoms with Gasteiger partial charge in [-0.25, -0.2) is 0 Å². The van der Waals surface area contributed by atoms with Crippen LogP contribution in [0.1, 0.15) is 5.56 Å². The van der Waals surface area contributed by atoms with E-state index in [-0.39, 0.29) is 0 Å². The zero-order valence-electron chi connectivity index (χ0n) is 8.84. The predicted molar refractivity (Wildman–Crippen MR) is 72.7 cm³/mol. The normalized spacial score (nSPS) is 9.53. The van der Waals surface area contributed by atoms with E-state index in [9.17, 15) is 0 Å². The number of pyridine rings is 1. The number of hydrogen-bond acceptors (Lipinski definition) is 2. The van der Waals surface area contributed by atoms with E-state index in [4.69, 9.17) is 18.8 Å². The van der Waals surface area contributed by atoms with Gasteiger partial charge in [0.25, 0.3) is 0 Å². The quantitative estimate of drug-likeness (QED) is 0.618. The second-order valence-electron chi connectivity index (χ2n) is 2.99. The van der Waals surface area contributed by atoms with Gasteiger partial charge in [-0.3, -0.25) is 9.98 Å². The van der Waals surface area contributed by atoms with Crippen LogP contribution in [0.2, 0.25) is 0 Å². The Hall–Kier alpha value is -0.692. The van der Waals surface area contributed by atoms with Crippen molar-refractivity contribution < 1.29 is 16.5 Å². The molecule has 0 aliphatic carbocycles. The van der Waals surface area contributed by atoms with Crippen LogP contribution < -0.4 is 0 Å². The number of aliphatic imine (C=N–C) groups is 1. The number of fused-ring (bicyclic) bond motifs is 1. The van der Waals surface area contributed by atoms with E-state index in [0.717, 1.165) is 22.2 Å². The van der Waals surface area contributed by atoms with Gasteiger partial charge in [-0.1, -0.05) is 30.9 Å². The zero-order chi connectivity index (χ0) is 12.7. The molecule has 2 rings (SSSR count). The van der Waals surface area contributed by atoms with Gasteiger partial charge in [0.15, 0.2) is 0 Å². The third-order valence-corrected chi connectivity index (χ3v) is 2.16. The average Bonchev–Trinajstić information content (AvgIpc) is 2.38. The first-order valence-electron chi connectivity index (χ1n) is 4.57. The molecule has 0 aliphatic heterocycles. The van der Waals surface area contributed by atoms with Gasteiger partial charge in [0.05, 0.1) is 11.2 Å². The molecule has 0 N–H and O–H groups in total. The van der Waals surface area contributed by atoms with Gasteiger partial charge in [-0.2, -0.15) is 0 Å². The van der Waals surface area contributed by atoms with Crippen molar-refractivity contribution in [2.24, 2.45) is 4.99 Å². The molecule has 0 unspecified atom stereocenters. The fraction of sp³-hybridized carbons (Fsp3) is 0. The third kappa shape index (κ3) is 3.64. The van der Waals surface area contributed by atoms with E-state index >= 15 is 0 Å². The Kier molecular flexibility index (Phi) is 6.42. The van der Waals surface area contributed by atoms with Gasteiger partial charge in [0.1, 0.15) is 0 Å². The van der Waals surface area contributed by atoms with Gasteiger partial charge in [0, 0.05) is 17.1 Å². The molecule has 0 fully saturated rings. The van der Waals surface area contributed by atoms with Gasteiger partial charge in [0.2, 0.25) is 0 Å². The van der Waals surface area contributed by atoms with Crippen LogP contribution in [-0.4, -0.2) is 11.7 Å². The van der Waals surface area contributed by atoms with Crippen LogP contribution in [0.4, 0.5) is 5.69 Å². The molecular formula is C12H10Cl2N2Pt. The van der Waals surface area contributed by atoms with E-state index in [1.54, 1.807) is 12.3 Å². The van der Waals surface area contributed by atoms with Crippen molar-refractivity contribution in [2.45, 2.75) is 0 Å². The number of halogens is 2. The molecule has 0 radical (unpaired) electrons. The summed E-state index contributed by atoms with van der Waals surface area (Å²) in [6.07, 6.45) is 3.52. The van der Waals surface area contributed by atoms with E-state index in [1.807, 2.05) is 24.3 Å². The molecule has 0 bridgehead atoms. The zero-order valence-corrected chi connectivity index (χ0v) is 12.6. The van der Waals surface area contributed by atoms with Crippen molar-refractivity contribution in [1.82, 2.24) is 4.98 Å². The molecule has 1 aromatic heterocycles. The second kappa shape index (κ2) is 7.60. The van der Waals surface area contributed by atoms with Crippen LogP contribution in [0.25, 0.3) is 17.0 Å². The molecule has 0 amide bonds. The number of hydrogen-bond donors (Lipinski definition) is 0. The third-order valence-electron chi connectivity index (χ3n) is 2.16. The number of rotatable bonds is 2. The Balaban J connectivity index is 0.000000437. The summed E-state index contributed by atoms with van der Waals surface area (Å²) in [5.41, 5.74) is 2.64. The van der Waals surface area contributed by atoms with E-state index < -0.39 is 16.5 Å². The summed E-state index contributed by atoms with van der Waals surface area (Å²) in [6.45, 7) is 7.28. The predicted octanol–water partition coefficient (Wildman–Crippen LogP) is 4.59. The Morgan fingerprint density at radius 2 is 2.00 bits per heavy atom. The molecule has 17 heavy (non-hydrogen) atoms. The van der Waals surface area contributed by atoms with Crippen LogP contribution >= 0.6 is 18.8 Å². The molecule has 92 valence electrons. The first kappa shape index (κ1) is 14.4. The molecule has 0 saturated carbocycles. The topological polar surface area (TPSA) is 25.2 Å². The van der Waals surface area contributed by atoms with E-state index in [1.165, 1.54) is 0 Å². The Morgan fingerprint density at radius 1 is 1.29 bits per heavy atom. The molecule has 0 spiro atoms. The average molecular weight is 448 g/mol. The maximum absolute atomic E-state index is 4.88. The van der Waals surface area contributed by atoms with Crippen molar-refractivity contribution in [1.29, 1.82) is 0 Å². The van der Waals surface area contributed by atoms with Gasteiger partial charge in [-0.15, -0.1) is 0 Å². The fourth-order valence-corrected chi connectivity index (χ4v) is 1.48. The SMILES string of the molecule is C=Cc1ccc2cccnc2c1N=C.[Cl][Pt][Cl]. The summed E-state index contributed by atoms with van der Waals surface area (Å²) in [4.78, 5) is 8.26. The van der Waals surface area contributed by atoms with E-state index in [0.29, 0.717) is 0 Å². The van der Waals surface area contributed by atoms with Crippen LogP contribution in [0.5, 0.6) is 0 Å². The van der Waals surface area contributed by atoms with Crippen molar-refractivity contribution >= 4 is 48.2 Å². The van der Waals surface area contributed by atoms with Crippen molar-refractivity contribution in [3.05, 3.63) is 42.6 Å². The van der Waals surface area contributed by atoms with Gasteiger partial charge >= 0.3 is 35.3 Å². The Morgan fingerprint density at radius 3 is 2.59 bits per heavy atom. The van der Waals surface area contributed by atoms with Gasteiger partial charge < -0.3 is 0 Å². The molecule has 0 atom stereocenters. The molecule has 0 saturated heterocycles. The molecule has 1 heterocycles. The van der Waals surface area contributed by atoms with Crippen molar-refractivity contribution in [3.8, 4) is 0 Å². The monoisotopic (exact) mass is 447 g/mol. The van der Waals surface area contributed by atoms with Crippen LogP contribution in [0.3, 0.4) is 0 Å². The maximum atomic E-state index is 4.88. The van der Waals surface area contributed by atoms with Gasteiger partial charge in [-0.05, 0) is 12.8 Å². The number of nitrogens with zero attached hydrogens (tertiary/aromatic N) is 2. The van der Waals surface area contributed by atoms with E-state index in [2.05, 4.69) is 23.3 Å². The summed E-state index contributed by atoms with van der Waals surface area (Å²) < 4.78 is 0. The summed E-state index contributed by atoms with van der Waals surface area (Å²) in [7, 11) is 9.75. The first-order valence-corrected chi connectivity index (χ1v) is 10.2. The molecule has 2 aromatic rings. The Labute approximate surface area is 117 Å². The minimum atomic E-state index is -0.472. The molecule has 2 nitrogen and oxygen atoms in total. The number of benzene rings is 1. The summed E-state index contributed by atoms with van der Waals surface area (Å²) in [6, 6.07) is 7.89. The molecule has 5 heteroatoms. The Bertz CT molecular complexity index is 529. The van der Waals surface area contributed by atoms with Crippen LogP contribution in [-0.2, 0) is 16.5 Å². The second-order valence-corrected chi connectivity index (χ2v) is 6.27. The summed E-state index contributed by atoms with van der Waals surface area (Å²) >= 11 is -0.472. The first-order chi connectivity index (χ1) is 8.28. The molecule has 0 aliphatic rings. The fourth-order valence-electron chi connectivity index (χ4n) is 1.48. The van der Waals surface area contributed by atoms with Crippen LogP contribution in [0, 0.1) is 0 Å².